The number of carbonyl (C=O) groups is 3. The predicted octanol–water partition coefficient (Wildman–Crippen LogP) is 1.06. The number of anilines is 2. The highest BCUT2D eigenvalue weighted by Gasteiger charge is 2.32. The SMILES string of the molecule is CC(=O)NC[C@H]1CN(c2ccc(N3CCN(NC(=O)c4ccc(Cl)nc4)CC3)nc2)C(=O)O1. The number of ether oxygens (including phenoxy) is 1. The van der Waals surface area contributed by atoms with Crippen LogP contribution in [0.3, 0.4) is 0 Å². The van der Waals surface area contributed by atoms with Crippen LogP contribution in [-0.4, -0.2) is 78.3 Å². The van der Waals surface area contributed by atoms with Gasteiger partial charge in [-0.05, 0) is 24.3 Å². The summed E-state index contributed by atoms with van der Waals surface area (Å²) in [6.07, 6.45) is 2.23. The summed E-state index contributed by atoms with van der Waals surface area (Å²) in [7, 11) is 0. The normalized spacial score (nSPS) is 18.7. The van der Waals surface area contributed by atoms with Crippen LogP contribution < -0.4 is 20.5 Å². The zero-order valence-corrected chi connectivity index (χ0v) is 18.8. The Hall–Kier alpha value is -3.44. The average molecular weight is 474 g/mol. The van der Waals surface area contributed by atoms with Gasteiger partial charge in [-0.1, -0.05) is 11.6 Å². The maximum absolute atomic E-state index is 12.3. The molecule has 2 aromatic heterocycles. The number of carbonyl (C=O) groups excluding carboxylic acids is 3. The van der Waals surface area contributed by atoms with Crippen LogP contribution >= 0.6 is 11.6 Å². The van der Waals surface area contributed by atoms with Crippen molar-refractivity contribution < 1.29 is 19.1 Å². The second kappa shape index (κ2) is 10.0. The molecule has 2 aromatic rings. The first-order valence-corrected chi connectivity index (χ1v) is 10.9. The summed E-state index contributed by atoms with van der Waals surface area (Å²) in [6, 6.07) is 6.89. The first kappa shape index (κ1) is 22.7. The standard InChI is InChI=1S/C21H24ClN7O4/c1-14(30)23-12-17-13-29(21(32)33-17)16-3-5-19(25-11-16)27-6-8-28(9-7-27)26-20(31)15-2-4-18(22)24-10-15/h2-5,10-11,17H,6-9,12-13H2,1H3,(H,23,30)(H,26,31)/t17-/m0/s1. The first-order valence-electron chi connectivity index (χ1n) is 10.5. The van der Waals surface area contributed by atoms with Gasteiger partial charge in [0.05, 0.1) is 30.5 Å². The summed E-state index contributed by atoms with van der Waals surface area (Å²) >= 11 is 5.76. The van der Waals surface area contributed by atoms with E-state index in [1.807, 2.05) is 17.1 Å². The molecule has 2 aliphatic rings. The molecule has 11 nitrogen and oxygen atoms in total. The van der Waals surface area contributed by atoms with Crippen molar-refractivity contribution in [3.8, 4) is 0 Å². The monoisotopic (exact) mass is 473 g/mol. The van der Waals surface area contributed by atoms with Gasteiger partial charge in [-0.15, -0.1) is 0 Å². The Morgan fingerprint density at radius 3 is 2.55 bits per heavy atom. The van der Waals surface area contributed by atoms with E-state index in [0.29, 0.717) is 49.1 Å². The highest BCUT2D eigenvalue weighted by molar-refractivity contribution is 6.29. The minimum atomic E-state index is -0.458. The fourth-order valence-corrected chi connectivity index (χ4v) is 3.70. The lowest BCUT2D eigenvalue weighted by Gasteiger charge is -2.35. The molecule has 0 spiro atoms. The maximum Gasteiger partial charge on any atom is 0.414 e. The molecular formula is C21H24ClN7O4. The summed E-state index contributed by atoms with van der Waals surface area (Å²) in [5.74, 6) is 0.385. The van der Waals surface area contributed by atoms with E-state index in [2.05, 4.69) is 25.6 Å². The van der Waals surface area contributed by atoms with E-state index >= 15 is 0 Å². The summed E-state index contributed by atoms with van der Waals surface area (Å²) in [4.78, 5) is 47.6. The van der Waals surface area contributed by atoms with Crippen LogP contribution in [-0.2, 0) is 9.53 Å². The highest BCUT2D eigenvalue weighted by Crippen LogP contribution is 2.23. The second-order valence-corrected chi connectivity index (χ2v) is 8.10. The number of nitrogens with zero attached hydrogens (tertiary/aromatic N) is 5. The molecule has 0 bridgehead atoms. The van der Waals surface area contributed by atoms with Crippen LogP contribution in [0.25, 0.3) is 0 Å². The third kappa shape index (κ3) is 5.68. The molecule has 0 aliphatic carbocycles. The number of cyclic esters (lactones) is 1. The van der Waals surface area contributed by atoms with Gasteiger partial charge >= 0.3 is 6.09 Å². The maximum atomic E-state index is 12.3. The van der Waals surface area contributed by atoms with Crippen molar-refractivity contribution in [3.05, 3.63) is 47.4 Å². The number of aromatic nitrogens is 2. The van der Waals surface area contributed by atoms with Crippen LogP contribution in [0.1, 0.15) is 17.3 Å². The van der Waals surface area contributed by atoms with Crippen molar-refractivity contribution >= 4 is 41.0 Å². The molecule has 2 N–H and O–H groups in total. The quantitative estimate of drug-likeness (QED) is 0.597. The predicted molar refractivity (Wildman–Crippen MR) is 121 cm³/mol. The Morgan fingerprint density at radius 2 is 1.91 bits per heavy atom. The lowest BCUT2D eigenvalue weighted by Crippen LogP contribution is -2.53. The Bertz CT molecular complexity index is 1010. The van der Waals surface area contributed by atoms with Crippen LogP contribution in [0.5, 0.6) is 0 Å². The average Bonchev–Trinajstić information content (AvgIpc) is 3.19. The zero-order valence-electron chi connectivity index (χ0n) is 18.0. The van der Waals surface area contributed by atoms with E-state index in [4.69, 9.17) is 16.3 Å². The number of hydrazine groups is 1. The molecule has 4 heterocycles. The fraction of sp³-hybridized carbons (Fsp3) is 0.381. The molecule has 174 valence electrons. The molecule has 33 heavy (non-hydrogen) atoms. The van der Waals surface area contributed by atoms with Crippen molar-refractivity contribution in [1.29, 1.82) is 0 Å². The molecule has 0 radical (unpaired) electrons. The first-order chi connectivity index (χ1) is 15.9. The van der Waals surface area contributed by atoms with Crippen LogP contribution in [0, 0.1) is 0 Å². The second-order valence-electron chi connectivity index (χ2n) is 7.71. The molecule has 12 heteroatoms. The summed E-state index contributed by atoms with van der Waals surface area (Å²) in [5, 5.41) is 4.85. The summed E-state index contributed by atoms with van der Waals surface area (Å²) < 4.78 is 5.29. The summed E-state index contributed by atoms with van der Waals surface area (Å²) in [6.45, 7) is 4.65. The van der Waals surface area contributed by atoms with E-state index in [-0.39, 0.29) is 18.4 Å². The van der Waals surface area contributed by atoms with Crippen molar-refractivity contribution in [1.82, 2.24) is 25.7 Å². The van der Waals surface area contributed by atoms with E-state index in [1.54, 1.807) is 18.3 Å². The smallest absolute Gasteiger partial charge is 0.414 e. The zero-order chi connectivity index (χ0) is 23.4. The van der Waals surface area contributed by atoms with Gasteiger partial charge in [0, 0.05) is 39.3 Å². The van der Waals surface area contributed by atoms with E-state index in [0.717, 1.165) is 5.82 Å². The van der Waals surface area contributed by atoms with E-state index < -0.39 is 12.2 Å². The third-order valence-electron chi connectivity index (χ3n) is 5.35. The molecule has 4 rings (SSSR count). The van der Waals surface area contributed by atoms with Crippen molar-refractivity contribution in [2.24, 2.45) is 0 Å². The molecular weight excluding hydrogens is 450 g/mol. The van der Waals surface area contributed by atoms with Gasteiger partial charge in [-0.3, -0.25) is 19.9 Å². The van der Waals surface area contributed by atoms with Gasteiger partial charge in [0.1, 0.15) is 17.1 Å². The number of piperazine rings is 1. The Labute approximate surface area is 195 Å². The van der Waals surface area contributed by atoms with Crippen LogP contribution in [0.4, 0.5) is 16.3 Å². The van der Waals surface area contributed by atoms with Crippen LogP contribution in [0.15, 0.2) is 36.7 Å². The molecule has 0 unspecified atom stereocenters. The third-order valence-corrected chi connectivity index (χ3v) is 5.57. The highest BCUT2D eigenvalue weighted by atomic mass is 35.5. The molecule has 2 aliphatic heterocycles. The van der Waals surface area contributed by atoms with Gasteiger partial charge in [0.25, 0.3) is 5.91 Å². The summed E-state index contributed by atoms with van der Waals surface area (Å²) in [5.41, 5.74) is 3.96. The number of hydrogen-bond donors (Lipinski definition) is 2. The fourth-order valence-electron chi connectivity index (χ4n) is 3.59. The number of rotatable bonds is 6. The van der Waals surface area contributed by atoms with E-state index in [1.165, 1.54) is 18.0 Å². The van der Waals surface area contributed by atoms with Crippen LogP contribution in [0.2, 0.25) is 5.15 Å². The Balaban J connectivity index is 1.28. The topological polar surface area (TPSA) is 120 Å². The van der Waals surface area contributed by atoms with Crippen molar-refractivity contribution in [2.75, 3.05) is 49.1 Å². The molecule has 1 atom stereocenters. The van der Waals surface area contributed by atoms with Gasteiger partial charge in [0.15, 0.2) is 0 Å². The van der Waals surface area contributed by atoms with Gasteiger partial charge < -0.3 is 15.0 Å². The van der Waals surface area contributed by atoms with Crippen molar-refractivity contribution in [2.45, 2.75) is 13.0 Å². The molecule has 3 amide bonds. The van der Waals surface area contributed by atoms with Crippen molar-refractivity contribution in [3.63, 3.8) is 0 Å². The number of nitrogens with one attached hydrogen (secondary N) is 2. The lowest BCUT2D eigenvalue weighted by atomic mass is 10.2. The van der Waals surface area contributed by atoms with E-state index in [9.17, 15) is 14.4 Å². The number of halogens is 1. The lowest BCUT2D eigenvalue weighted by molar-refractivity contribution is -0.119. The minimum absolute atomic E-state index is 0.169. The van der Waals surface area contributed by atoms with Gasteiger partial charge in [-0.2, -0.15) is 0 Å². The Morgan fingerprint density at radius 1 is 1.12 bits per heavy atom. The largest absolute Gasteiger partial charge is 0.442 e. The number of pyridine rings is 2. The van der Waals surface area contributed by atoms with Gasteiger partial charge in [-0.25, -0.2) is 19.8 Å². The van der Waals surface area contributed by atoms with Gasteiger partial charge in [0.2, 0.25) is 5.91 Å². The molecule has 2 fully saturated rings. The molecule has 0 aromatic carbocycles. The number of hydrogen-bond acceptors (Lipinski definition) is 8. The molecule has 0 saturated carbocycles. The molecule has 2 saturated heterocycles. The Kier molecular flexibility index (Phi) is 6.90. The number of amides is 3. The minimum Gasteiger partial charge on any atom is -0.442 e.